The molecule has 5 heteroatoms. The van der Waals surface area contributed by atoms with Crippen molar-refractivity contribution in [1.29, 1.82) is 0 Å². The van der Waals surface area contributed by atoms with Gasteiger partial charge in [-0.15, -0.1) is 0 Å². The van der Waals surface area contributed by atoms with Crippen LogP contribution in [0.4, 0.5) is 0 Å². The first-order valence-electron chi connectivity index (χ1n) is 6.33. The van der Waals surface area contributed by atoms with Gasteiger partial charge in [0, 0.05) is 12.1 Å². The SMILES string of the molecule is C[C@@H](NC(=O)COC(=O)/C=C/c1ccco1)C1CC1. The molecule has 102 valence electrons. The van der Waals surface area contributed by atoms with E-state index < -0.39 is 5.97 Å². The Labute approximate surface area is 111 Å². The molecule has 0 unspecified atom stereocenters. The summed E-state index contributed by atoms with van der Waals surface area (Å²) in [6.45, 7) is 1.71. The molecule has 1 amide bonds. The molecule has 1 aromatic rings. The van der Waals surface area contributed by atoms with Crippen molar-refractivity contribution in [3.8, 4) is 0 Å². The summed E-state index contributed by atoms with van der Waals surface area (Å²) < 4.78 is 9.85. The quantitative estimate of drug-likeness (QED) is 0.627. The second kappa shape index (κ2) is 6.22. The first-order valence-corrected chi connectivity index (χ1v) is 6.33. The number of furan rings is 1. The van der Waals surface area contributed by atoms with E-state index in [1.54, 1.807) is 12.1 Å². The van der Waals surface area contributed by atoms with Crippen LogP contribution in [0, 0.1) is 5.92 Å². The zero-order valence-corrected chi connectivity index (χ0v) is 10.8. The average molecular weight is 263 g/mol. The molecule has 1 saturated carbocycles. The molecule has 1 N–H and O–H groups in total. The van der Waals surface area contributed by atoms with E-state index in [1.807, 2.05) is 6.92 Å². The van der Waals surface area contributed by atoms with E-state index in [2.05, 4.69) is 5.32 Å². The van der Waals surface area contributed by atoms with Gasteiger partial charge >= 0.3 is 5.97 Å². The minimum atomic E-state index is -0.564. The molecule has 0 saturated heterocycles. The number of rotatable bonds is 6. The molecule has 2 rings (SSSR count). The van der Waals surface area contributed by atoms with Gasteiger partial charge in [-0.25, -0.2) is 4.79 Å². The van der Waals surface area contributed by atoms with E-state index in [1.165, 1.54) is 18.4 Å². The number of esters is 1. The van der Waals surface area contributed by atoms with Gasteiger partial charge in [0.15, 0.2) is 6.61 Å². The van der Waals surface area contributed by atoms with E-state index in [0.29, 0.717) is 11.7 Å². The highest BCUT2D eigenvalue weighted by Gasteiger charge is 2.28. The topological polar surface area (TPSA) is 68.5 Å². The largest absolute Gasteiger partial charge is 0.465 e. The maximum atomic E-state index is 11.5. The summed E-state index contributed by atoms with van der Waals surface area (Å²) in [7, 11) is 0. The van der Waals surface area contributed by atoms with Gasteiger partial charge in [-0.1, -0.05) is 0 Å². The number of nitrogens with one attached hydrogen (secondary N) is 1. The molecule has 1 fully saturated rings. The van der Waals surface area contributed by atoms with Gasteiger partial charge in [0.25, 0.3) is 5.91 Å². The molecule has 5 nitrogen and oxygen atoms in total. The molecule has 1 aliphatic carbocycles. The fourth-order valence-corrected chi connectivity index (χ4v) is 1.73. The monoisotopic (exact) mass is 263 g/mol. The van der Waals surface area contributed by atoms with E-state index in [9.17, 15) is 9.59 Å². The Balaban J connectivity index is 1.66. The van der Waals surface area contributed by atoms with Crippen LogP contribution in [0.2, 0.25) is 0 Å². The Hall–Kier alpha value is -2.04. The molecule has 1 aromatic heterocycles. The molecule has 1 aliphatic rings. The van der Waals surface area contributed by atoms with Gasteiger partial charge < -0.3 is 14.5 Å². The second-order valence-electron chi connectivity index (χ2n) is 4.65. The van der Waals surface area contributed by atoms with Crippen molar-refractivity contribution in [2.75, 3.05) is 6.61 Å². The third kappa shape index (κ3) is 4.62. The van der Waals surface area contributed by atoms with Gasteiger partial charge in [0.2, 0.25) is 0 Å². The van der Waals surface area contributed by atoms with Crippen molar-refractivity contribution >= 4 is 18.0 Å². The lowest BCUT2D eigenvalue weighted by atomic mass is 10.2. The van der Waals surface area contributed by atoms with Gasteiger partial charge in [-0.2, -0.15) is 0 Å². The third-order valence-corrected chi connectivity index (χ3v) is 2.99. The molecular weight excluding hydrogens is 246 g/mol. The molecule has 0 spiro atoms. The molecule has 1 atom stereocenters. The van der Waals surface area contributed by atoms with Crippen molar-refractivity contribution in [1.82, 2.24) is 5.32 Å². The van der Waals surface area contributed by atoms with E-state index in [4.69, 9.17) is 9.15 Å². The van der Waals surface area contributed by atoms with Crippen molar-refractivity contribution in [2.24, 2.45) is 5.92 Å². The molecular formula is C14H17NO4. The highest BCUT2D eigenvalue weighted by molar-refractivity contribution is 5.88. The van der Waals surface area contributed by atoms with Crippen LogP contribution in [-0.2, 0) is 14.3 Å². The number of carbonyl (C=O) groups excluding carboxylic acids is 2. The van der Waals surface area contributed by atoms with Crippen LogP contribution < -0.4 is 5.32 Å². The highest BCUT2D eigenvalue weighted by atomic mass is 16.5. The van der Waals surface area contributed by atoms with E-state index in [-0.39, 0.29) is 18.6 Å². The first-order chi connectivity index (χ1) is 9.15. The molecule has 0 radical (unpaired) electrons. The summed E-state index contributed by atoms with van der Waals surface area (Å²) in [6, 6.07) is 3.59. The van der Waals surface area contributed by atoms with Crippen LogP contribution in [0.15, 0.2) is 28.9 Å². The summed E-state index contributed by atoms with van der Waals surface area (Å²) in [4.78, 5) is 22.8. The van der Waals surface area contributed by atoms with Crippen LogP contribution in [0.5, 0.6) is 0 Å². The average Bonchev–Trinajstić information content (AvgIpc) is 3.11. The Morgan fingerprint density at radius 3 is 3.00 bits per heavy atom. The normalized spacial score (nSPS) is 16.3. The Morgan fingerprint density at radius 2 is 2.37 bits per heavy atom. The van der Waals surface area contributed by atoms with Crippen molar-refractivity contribution in [3.63, 3.8) is 0 Å². The Kier molecular flexibility index (Phi) is 4.39. The van der Waals surface area contributed by atoms with Crippen LogP contribution >= 0.6 is 0 Å². The first kappa shape index (κ1) is 13.4. The fraction of sp³-hybridized carbons (Fsp3) is 0.429. The van der Waals surface area contributed by atoms with Crippen molar-refractivity contribution in [2.45, 2.75) is 25.8 Å². The number of amides is 1. The number of hydrogen-bond acceptors (Lipinski definition) is 4. The zero-order valence-electron chi connectivity index (χ0n) is 10.8. The lowest BCUT2D eigenvalue weighted by Crippen LogP contribution is -2.36. The Morgan fingerprint density at radius 1 is 1.58 bits per heavy atom. The summed E-state index contributed by atoms with van der Waals surface area (Å²) in [5.41, 5.74) is 0. The van der Waals surface area contributed by atoms with Gasteiger partial charge in [0.05, 0.1) is 6.26 Å². The lowest BCUT2D eigenvalue weighted by Gasteiger charge is -2.12. The zero-order chi connectivity index (χ0) is 13.7. The van der Waals surface area contributed by atoms with Crippen LogP contribution in [0.25, 0.3) is 6.08 Å². The van der Waals surface area contributed by atoms with Gasteiger partial charge in [-0.3, -0.25) is 4.79 Å². The molecule has 0 aliphatic heterocycles. The summed E-state index contributed by atoms with van der Waals surface area (Å²) in [5.74, 6) is 0.312. The Bertz CT molecular complexity index is 460. The van der Waals surface area contributed by atoms with Crippen molar-refractivity contribution in [3.05, 3.63) is 30.2 Å². The predicted octanol–water partition coefficient (Wildman–Crippen LogP) is 1.75. The molecule has 0 aromatic carbocycles. The maximum Gasteiger partial charge on any atom is 0.331 e. The van der Waals surface area contributed by atoms with E-state index >= 15 is 0 Å². The van der Waals surface area contributed by atoms with E-state index in [0.717, 1.165) is 12.8 Å². The second-order valence-corrected chi connectivity index (χ2v) is 4.65. The summed E-state index contributed by atoms with van der Waals surface area (Å²) in [6.07, 6.45) is 6.56. The molecule has 1 heterocycles. The fourth-order valence-electron chi connectivity index (χ4n) is 1.73. The molecule has 19 heavy (non-hydrogen) atoms. The number of carbonyl (C=O) groups is 2. The van der Waals surface area contributed by atoms with Crippen LogP contribution in [-0.4, -0.2) is 24.5 Å². The van der Waals surface area contributed by atoms with Gasteiger partial charge in [0.1, 0.15) is 5.76 Å². The minimum Gasteiger partial charge on any atom is -0.465 e. The lowest BCUT2D eigenvalue weighted by molar-refractivity contribution is -0.144. The molecule has 0 bridgehead atoms. The number of hydrogen-bond donors (Lipinski definition) is 1. The van der Waals surface area contributed by atoms with Crippen LogP contribution in [0.1, 0.15) is 25.5 Å². The van der Waals surface area contributed by atoms with Crippen LogP contribution in [0.3, 0.4) is 0 Å². The third-order valence-electron chi connectivity index (χ3n) is 2.99. The summed E-state index contributed by atoms with van der Waals surface area (Å²) in [5, 5.41) is 2.81. The minimum absolute atomic E-state index is 0.157. The van der Waals surface area contributed by atoms with Gasteiger partial charge in [-0.05, 0) is 43.9 Å². The predicted molar refractivity (Wildman–Crippen MR) is 69.0 cm³/mol. The summed E-state index contributed by atoms with van der Waals surface area (Å²) >= 11 is 0. The standard InChI is InChI=1S/C14H17NO4/c1-10(11-4-5-11)15-13(16)9-19-14(17)7-6-12-3-2-8-18-12/h2-3,6-8,10-11H,4-5,9H2,1H3,(H,15,16)/b7-6+/t10-/m1/s1. The highest BCUT2D eigenvalue weighted by Crippen LogP contribution is 2.32. The number of ether oxygens (including phenoxy) is 1. The van der Waals surface area contributed by atoms with Crippen molar-refractivity contribution < 1.29 is 18.7 Å². The smallest absolute Gasteiger partial charge is 0.331 e. The maximum absolute atomic E-state index is 11.5.